The number of amides is 4. The number of imide groups is 1. The second-order valence-electron chi connectivity index (χ2n) is 8.55. The molecule has 1 unspecified atom stereocenters. The van der Waals surface area contributed by atoms with E-state index in [4.69, 9.17) is 0 Å². The zero-order valence-corrected chi connectivity index (χ0v) is 18.2. The van der Waals surface area contributed by atoms with Crippen molar-refractivity contribution < 1.29 is 14.4 Å². The van der Waals surface area contributed by atoms with Gasteiger partial charge in [-0.3, -0.25) is 14.5 Å². The largest absolute Gasteiger partial charge is 0.372 e. The van der Waals surface area contributed by atoms with Crippen molar-refractivity contribution in [2.24, 2.45) is 0 Å². The van der Waals surface area contributed by atoms with Crippen LogP contribution in [0, 0.1) is 13.8 Å². The van der Waals surface area contributed by atoms with Crippen LogP contribution in [-0.4, -0.2) is 42.4 Å². The van der Waals surface area contributed by atoms with E-state index in [-0.39, 0.29) is 6.54 Å². The van der Waals surface area contributed by atoms with Crippen molar-refractivity contribution in [3.05, 3.63) is 59.2 Å². The van der Waals surface area contributed by atoms with Crippen molar-refractivity contribution in [2.75, 3.05) is 29.9 Å². The zero-order chi connectivity index (χ0) is 22.2. The maximum atomic E-state index is 13.0. The van der Waals surface area contributed by atoms with Crippen LogP contribution in [0.3, 0.4) is 0 Å². The number of urea groups is 1. The molecule has 2 aliphatic rings. The summed E-state index contributed by atoms with van der Waals surface area (Å²) in [7, 11) is 0. The van der Waals surface area contributed by atoms with Crippen molar-refractivity contribution in [2.45, 2.75) is 39.2 Å². The Balaban J connectivity index is 1.44. The first kappa shape index (κ1) is 20.9. The fourth-order valence-electron chi connectivity index (χ4n) is 4.22. The molecule has 2 fully saturated rings. The van der Waals surface area contributed by atoms with Crippen LogP contribution < -0.4 is 15.5 Å². The minimum atomic E-state index is -1.18. The summed E-state index contributed by atoms with van der Waals surface area (Å²) in [6, 6.07) is 12.8. The first-order valence-corrected chi connectivity index (χ1v) is 10.6. The van der Waals surface area contributed by atoms with E-state index >= 15 is 0 Å². The Kier molecular flexibility index (Phi) is 5.43. The van der Waals surface area contributed by atoms with Crippen molar-refractivity contribution in [1.29, 1.82) is 0 Å². The molecule has 2 heterocycles. The lowest BCUT2D eigenvalue weighted by atomic mass is 9.91. The molecular formula is C24H28N4O3. The van der Waals surface area contributed by atoms with Gasteiger partial charge in [-0.15, -0.1) is 0 Å². The molecular weight excluding hydrogens is 392 g/mol. The molecule has 0 saturated carbocycles. The van der Waals surface area contributed by atoms with Crippen LogP contribution in [0.1, 0.15) is 36.5 Å². The molecule has 2 aliphatic heterocycles. The monoisotopic (exact) mass is 420 g/mol. The molecule has 7 heteroatoms. The molecule has 4 amide bonds. The highest BCUT2D eigenvalue weighted by atomic mass is 16.2. The molecule has 162 valence electrons. The third kappa shape index (κ3) is 4.00. The summed E-state index contributed by atoms with van der Waals surface area (Å²) in [4.78, 5) is 41.5. The summed E-state index contributed by atoms with van der Waals surface area (Å²) in [6.45, 7) is 7.33. The predicted octanol–water partition coefficient (Wildman–Crippen LogP) is 3.31. The summed E-state index contributed by atoms with van der Waals surface area (Å²) in [5, 5.41) is 5.58. The molecule has 0 aliphatic carbocycles. The normalized spacial score (nSPS) is 20.9. The molecule has 0 bridgehead atoms. The van der Waals surface area contributed by atoms with E-state index in [2.05, 4.69) is 21.6 Å². The first-order chi connectivity index (χ1) is 14.8. The summed E-state index contributed by atoms with van der Waals surface area (Å²) >= 11 is 0. The number of nitrogens with one attached hydrogen (secondary N) is 2. The third-order valence-corrected chi connectivity index (χ3v) is 6.16. The van der Waals surface area contributed by atoms with Gasteiger partial charge in [0.15, 0.2) is 0 Å². The fraction of sp³-hybridized carbons (Fsp3) is 0.375. The van der Waals surface area contributed by atoms with Gasteiger partial charge in [-0.05, 0) is 62.9 Å². The lowest BCUT2D eigenvalue weighted by Crippen LogP contribution is -2.42. The van der Waals surface area contributed by atoms with Crippen molar-refractivity contribution >= 4 is 29.2 Å². The standard InChI is InChI=1S/C24H28N4O3/c1-16-6-8-18(9-7-16)24(3)22(30)28(23(31)26-24)15-21(29)25-20-11-10-19(14-17(20)2)27-12-4-5-13-27/h6-11,14H,4-5,12-13,15H2,1-3H3,(H,25,29)(H,26,31). The molecule has 0 radical (unpaired) electrons. The summed E-state index contributed by atoms with van der Waals surface area (Å²) in [5.74, 6) is -0.841. The van der Waals surface area contributed by atoms with E-state index in [0.717, 1.165) is 34.8 Å². The molecule has 4 rings (SSSR count). The van der Waals surface area contributed by atoms with Crippen molar-refractivity contribution in [3.63, 3.8) is 0 Å². The molecule has 2 saturated heterocycles. The number of rotatable bonds is 5. The average Bonchev–Trinajstić information content (AvgIpc) is 3.34. The minimum absolute atomic E-state index is 0.334. The minimum Gasteiger partial charge on any atom is -0.372 e. The molecule has 0 spiro atoms. The molecule has 0 aromatic heterocycles. The van der Waals surface area contributed by atoms with Gasteiger partial charge in [0.25, 0.3) is 5.91 Å². The molecule has 2 aromatic rings. The molecule has 31 heavy (non-hydrogen) atoms. The van der Waals surface area contributed by atoms with Crippen LogP contribution in [0.25, 0.3) is 0 Å². The van der Waals surface area contributed by atoms with Crippen LogP contribution in [0.15, 0.2) is 42.5 Å². The fourth-order valence-corrected chi connectivity index (χ4v) is 4.22. The van der Waals surface area contributed by atoms with E-state index in [1.807, 2.05) is 50.2 Å². The maximum Gasteiger partial charge on any atom is 0.325 e. The molecule has 2 N–H and O–H groups in total. The van der Waals surface area contributed by atoms with E-state index in [9.17, 15) is 14.4 Å². The Morgan fingerprint density at radius 2 is 1.74 bits per heavy atom. The zero-order valence-electron chi connectivity index (χ0n) is 18.2. The van der Waals surface area contributed by atoms with Crippen LogP contribution in [0.5, 0.6) is 0 Å². The van der Waals surface area contributed by atoms with E-state index < -0.39 is 23.4 Å². The van der Waals surface area contributed by atoms with Crippen LogP contribution in [0.2, 0.25) is 0 Å². The average molecular weight is 421 g/mol. The Labute approximate surface area is 182 Å². The van der Waals surface area contributed by atoms with Gasteiger partial charge in [-0.1, -0.05) is 29.8 Å². The Hall–Kier alpha value is -3.35. The number of nitrogens with zero attached hydrogens (tertiary/aromatic N) is 2. The van der Waals surface area contributed by atoms with Gasteiger partial charge in [-0.25, -0.2) is 4.79 Å². The highest BCUT2D eigenvalue weighted by Crippen LogP contribution is 2.29. The second kappa shape index (κ2) is 8.06. The lowest BCUT2D eigenvalue weighted by molar-refractivity contribution is -0.133. The van der Waals surface area contributed by atoms with Gasteiger partial charge < -0.3 is 15.5 Å². The number of aryl methyl sites for hydroxylation is 2. The SMILES string of the molecule is Cc1ccc(C2(C)NC(=O)N(CC(=O)Nc3ccc(N4CCCC4)cc3C)C2=O)cc1. The van der Waals surface area contributed by atoms with E-state index in [0.29, 0.717) is 11.3 Å². The first-order valence-electron chi connectivity index (χ1n) is 10.6. The third-order valence-electron chi connectivity index (χ3n) is 6.16. The number of anilines is 2. The smallest absolute Gasteiger partial charge is 0.325 e. The predicted molar refractivity (Wildman–Crippen MR) is 120 cm³/mol. The Morgan fingerprint density at radius 1 is 1.06 bits per heavy atom. The highest BCUT2D eigenvalue weighted by Gasteiger charge is 2.49. The van der Waals surface area contributed by atoms with Gasteiger partial charge in [0.1, 0.15) is 12.1 Å². The van der Waals surface area contributed by atoms with Gasteiger partial charge in [0.05, 0.1) is 0 Å². The van der Waals surface area contributed by atoms with Crippen molar-refractivity contribution in [1.82, 2.24) is 10.2 Å². The summed E-state index contributed by atoms with van der Waals surface area (Å²) in [5.41, 5.74) is 3.34. The Morgan fingerprint density at radius 3 is 2.39 bits per heavy atom. The Bertz CT molecular complexity index is 1030. The topological polar surface area (TPSA) is 81.8 Å². The van der Waals surface area contributed by atoms with Crippen LogP contribution in [0.4, 0.5) is 16.2 Å². The van der Waals surface area contributed by atoms with E-state index in [1.54, 1.807) is 6.92 Å². The van der Waals surface area contributed by atoms with Gasteiger partial charge in [0.2, 0.25) is 5.91 Å². The maximum absolute atomic E-state index is 13.0. The number of hydrogen-bond donors (Lipinski definition) is 2. The quantitative estimate of drug-likeness (QED) is 0.727. The van der Waals surface area contributed by atoms with Crippen LogP contribution >= 0.6 is 0 Å². The highest BCUT2D eigenvalue weighted by molar-refractivity contribution is 6.10. The number of hydrogen-bond acceptors (Lipinski definition) is 4. The molecule has 7 nitrogen and oxygen atoms in total. The molecule has 1 atom stereocenters. The van der Waals surface area contributed by atoms with E-state index in [1.165, 1.54) is 12.8 Å². The van der Waals surface area contributed by atoms with Gasteiger partial charge >= 0.3 is 6.03 Å². The lowest BCUT2D eigenvalue weighted by Gasteiger charge is -2.22. The molecule has 2 aromatic carbocycles. The van der Waals surface area contributed by atoms with Gasteiger partial charge in [0, 0.05) is 24.5 Å². The number of benzene rings is 2. The summed E-state index contributed by atoms with van der Waals surface area (Å²) in [6.07, 6.45) is 2.40. The summed E-state index contributed by atoms with van der Waals surface area (Å²) < 4.78 is 0. The van der Waals surface area contributed by atoms with Gasteiger partial charge in [-0.2, -0.15) is 0 Å². The van der Waals surface area contributed by atoms with Crippen molar-refractivity contribution in [3.8, 4) is 0 Å². The number of carbonyl (C=O) groups is 3. The van der Waals surface area contributed by atoms with Crippen LogP contribution in [-0.2, 0) is 15.1 Å². The number of carbonyl (C=O) groups excluding carboxylic acids is 3. The second-order valence-corrected chi connectivity index (χ2v) is 8.55.